The molecule has 3 atom stereocenters. The third kappa shape index (κ3) is 3.12. The van der Waals surface area contributed by atoms with Gasteiger partial charge in [0.05, 0.1) is 17.8 Å². The van der Waals surface area contributed by atoms with Crippen molar-refractivity contribution in [3.63, 3.8) is 0 Å². The molecule has 0 aromatic carbocycles. The van der Waals surface area contributed by atoms with E-state index in [1.165, 1.54) is 0 Å². The molecule has 4 aliphatic carbocycles. The summed E-state index contributed by atoms with van der Waals surface area (Å²) in [5.41, 5.74) is -3.48. The molecule has 0 saturated heterocycles. The van der Waals surface area contributed by atoms with E-state index in [9.17, 15) is 20.1 Å². The standard InChI is InChI=1S/C21H34O5/c1-14(2)6-21(13-22,17(3,4)5)16(23)26-20-9-15-7-18(24,11-20)10-19(25,8-15)12-20/h6,15,22,24-25H,7-13H2,1-5H3. The fourth-order valence-electron chi connectivity index (χ4n) is 6.07. The van der Waals surface area contributed by atoms with Crippen LogP contribution in [0, 0.1) is 16.7 Å². The molecule has 0 aliphatic heterocycles. The molecule has 26 heavy (non-hydrogen) atoms. The molecule has 4 saturated carbocycles. The van der Waals surface area contributed by atoms with Gasteiger partial charge >= 0.3 is 5.97 Å². The van der Waals surface area contributed by atoms with Crippen LogP contribution in [0.1, 0.15) is 73.1 Å². The molecule has 3 N–H and O–H groups in total. The third-order valence-corrected chi connectivity index (χ3v) is 6.75. The molecule has 0 heterocycles. The highest BCUT2D eigenvalue weighted by Gasteiger charge is 2.65. The monoisotopic (exact) mass is 366 g/mol. The summed E-state index contributed by atoms with van der Waals surface area (Å²) in [6.45, 7) is 9.23. The van der Waals surface area contributed by atoms with Gasteiger partial charge in [-0.2, -0.15) is 0 Å². The minimum atomic E-state index is -1.15. The van der Waals surface area contributed by atoms with Crippen molar-refractivity contribution in [3.05, 3.63) is 11.6 Å². The Morgan fingerprint density at radius 3 is 2.00 bits per heavy atom. The van der Waals surface area contributed by atoms with Crippen LogP contribution in [0.15, 0.2) is 11.6 Å². The molecule has 4 aliphatic rings. The molecule has 0 aromatic heterocycles. The second-order valence-corrected chi connectivity index (χ2v) is 10.6. The number of aliphatic hydroxyl groups excluding tert-OH is 1. The SMILES string of the molecule is CC(C)=CC(CO)(C(=O)OC12CC3CC(O)(CC(O)(C3)C1)C2)C(C)(C)C. The number of esters is 1. The molecule has 4 rings (SSSR count). The highest BCUT2D eigenvalue weighted by molar-refractivity contribution is 5.81. The van der Waals surface area contributed by atoms with E-state index in [-0.39, 0.29) is 12.5 Å². The van der Waals surface area contributed by atoms with E-state index in [1.807, 2.05) is 34.6 Å². The maximum atomic E-state index is 13.4. The van der Waals surface area contributed by atoms with Gasteiger partial charge in [-0.05, 0) is 44.4 Å². The number of aliphatic hydroxyl groups is 3. The molecule has 5 nitrogen and oxygen atoms in total. The van der Waals surface area contributed by atoms with Gasteiger partial charge in [0.15, 0.2) is 0 Å². The molecule has 4 fully saturated rings. The van der Waals surface area contributed by atoms with Crippen LogP contribution in [0.3, 0.4) is 0 Å². The lowest BCUT2D eigenvalue weighted by Gasteiger charge is -2.62. The second-order valence-electron chi connectivity index (χ2n) is 10.6. The van der Waals surface area contributed by atoms with E-state index in [0.717, 1.165) is 5.57 Å². The number of hydrogen-bond donors (Lipinski definition) is 3. The molecule has 0 aromatic rings. The van der Waals surface area contributed by atoms with Gasteiger partial charge in [0.2, 0.25) is 0 Å². The minimum absolute atomic E-state index is 0.177. The normalized spacial score (nSPS) is 40.8. The summed E-state index contributed by atoms with van der Waals surface area (Å²) >= 11 is 0. The van der Waals surface area contributed by atoms with Crippen LogP contribution >= 0.6 is 0 Å². The Hall–Kier alpha value is -0.910. The van der Waals surface area contributed by atoms with Crippen LogP contribution in [0.2, 0.25) is 0 Å². The van der Waals surface area contributed by atoms with Crippen molar-refractivity contribution in [1.29, 1.82) is 0 Å². The number of hydrogen-bond acceptors (Lipinski definition) is 5. The van der Waals surface area contributed by atoms with Gasteiger partial charge in [0.25, 0.3) is 0 Å². The molecular formula is C21H34O5. The molecule has 148 valence electrons. The maximum absolute atomic E-state index is 13.4. The van der Waals surface area contributed by atoms with E-state index in [2.05, 4.69) is 0 Å². The largest absolute Gasteiger partial charge is 0.458 e. The smallest absolute Gasteiger partial charge is 0.319 e. The first kappa shape index (κ1) is 19.8. The van der Waals surface area contributed by atoms with Gasteiger partial charge < -0.3 is 20.1 Å². The van der Waals surface area contributed by atoms with Crippen molar-refractivity contribution < 1.29 is 24.9 Å². The topological polar surface area (TPSA) is 87.0 Å². The molecule has 0 radical (unpaired) electrons. The Labute approximate surface area is 156 Å². The quantitative estimate of drug-likeness (QED) is 0.526. The summed E-state index contributed by atoms with van der Waals surface area (Å²) in [5.74, 6) is -0.279. The average Bonchev–Trinajstić information content (AvgIpc) is 2.38. The van der Waals surface area contributed by atoms with Crippen LogP contribution in [-0.2, 0) is 9.53 Å². The Kier molecular flexibility index (Phi) is 4.42. The molecule has 0 amide bonds. The van der Waals surface area contributed by atoms with Crippen LogP contribution in [-0.4, -0.2) is 44.7 Å². The van der Waals surface area contributed by atoms with Crippen molar-refractivity contribution >= 4 is 5.97 Å². The summed E-state index contributed by atoms with van der Waals surface area (Å²) < 4.78 is 6.10. The number of carbonyl (C=O) groups excluding carboxylic acids is 1. The van der Waals surface area contributed by atoms with Gasteiger partial charge in [-0.25, -0.2) is 0 Å². The first-order valence-electron chi connectivity index (χ1n) is 9.71. The van der Waals surface area contributed by atoms with E-state index in [0.29, 0.717) is 38.5 Å². The summed E-state index contributed by atoms with van der Waals surface area (Å²) in [7, 11) is 0. The van der Waals surface area contributed by atoms with Gasteiger partial charge in [0.1, 0.15) is 11.0 Å². The Balaban J connectivity index is 1.94. The summed E-state index contributed by atoms with van der Waals surface area (Å²) in [5, 5.41) is 32.0. The fraction of sp³-hybridized carbons (Fsp3) is 0.857. The third-order valence-electron chi connectivity index (χ3n) is 6.75. The zero-order chi connectivity index (χ0) is 19.6. The van der Waals surface area contributed by atoms with Crippen molar-refractivity contribution in [2.75, 3.05) is 6.61 Å². The Bertz CT molecular complexity index is 609. The van der Waals surface area contributed by atoms with Crippen LogP contribution in [0.4, 0.5) is 0 Å². The van der Waals surface area contributed by atoms with Crippen molar-refractivity contribution in [3.8, 4) is 0 Å². The van der Waals surface area contributed by atoms with E-state index in [1.54, 1.807) is 6.08 Å². The highest BCUT2D eigenvalue weighted by Crippen LogP contribution is 2.61. The lowest BCUT2D eigenvalue weighted by atomic mass is 9.50. The highest BCUT2D eigenvalue weighted by atomic mass is 16.6. The molecule has 3 unspecified atom stereocenters. The Morgan fingerprint density at radius 2 is 1.62 bits per heavy atom. The van der Waals surface area contributed by atoms with Crippen molar-refractivity contribution in [2.45, 2.75) is 89.9 Å². The fourth-order valence-corrected chi connectivity index (χ4v) is 6.07. The van der Waals surface area contributed by atoms with E-state index < -0.39 is 33.6 Å². The van der Waals surface area contributed by atoms with Crippen LogP contribution in [0.5, 0.6) is 0 Å². The summed E-state index contributed by atoms with van der Waals surface area (Å²) in [4.78, 5) is 13.4. The lowest BCUT2D eigenvalue weighted by Crippen LogP contribution is -2.67. The second kappa shape index (κ2) is 5.79. The predicted molar refractivity (Wildman–Crippen MR) is 98.3 cm³/mol. The number of allylic oxidation sites excluding steroid dienone is 1. The van der Waals surface area contributed by atoms with Gasteiger partial charge in [0, 0.05) is 19.3 Å². The zero-order valence-corrected chi connectivity index (χ0v) is 16.8. The van der Waals surface area contributed by atoms with Crippen molar-refractivity contribution in [2.24, 2.45) is 16.7 Å². The molecule has 4 bridgehead atoms. The minimum Gasteiger partial charge on any atom is -0.458 e. The summed E-state index contributed by atoms with van der Waals surface area (Å²) in [6.07, 6.45) is 4.97. The van der Waals surface area contributed by atoms with E-state index in [4.69, 9.17) is 4.74 Å². The first-order chi connectivity index (χ1) is 11.8. The van der Waals surface area contributed by atoms with E-state index >= 15 is 0 Å². The predicted octanol–water partition coefficient (Wildman–Crippen LogP) is 2.72. The number of rotatable bonds is 4. The number of ether oxygens (including phenoxy) is 1. The van der Waals surface area contributed by atoms with Crippen LogP contribution in [0.25, 0.3) is 0 Å². The molecular weight excluding hydrogens is 332 g/mol. The first-order valence-corrected chi connectivity index (χ1v) is 9.71. The maximum Gasteiger partial charge on any atom is 0.319 e. The van der Waals surface area contributed by atoms with Crippen molar-refractivity contribution in [1.82, 2.24) is 0 Å². The van der Waals surface area contributed by atoms with Gasteiger partial charge in [-0.15, -0.1) is 0 Å². The van der Waals surface area contributed by atoms with Gasteiger partial charge in [-0.3, -0.25) is 4.79 Å². The molecule has 0 spiro atoms. The Morgan fingerprint density at radius 1 is 1.08 bits per heavy atom. The average molecular weight is 366 g/mol. The molecule has 5 heteroatoms. The van der Waals surface area contributed by atoms with Crippen LogP contribution < -0.4 is 0 Å². The lowest BCUT2D eigenvalue weighted by molar-refractivity contribution is -0.265. The summed E-state index contributed by atoms with van der Waals surface area (Å²) in [6, 6.07) is 0. The number of carbonyl (C=O) groups is 1. The van der Waals surface area contributed by atoms with Gasteiger partial charge in [-0.1, -0.05) is 32.4 Å². The zero-order valence-electron chi connectivity index (χ0n) is 16.8.